The van der Waals surface area contributed by atoms with E-state index >= 15 is 0 Å². The summed E-state index contributed by atoms with van der Waals surface area (Å²) in [6.45, 7) is 5.89. The van der Waals surface area contributed by atoms with Gasteiger partial charge in [0.05, 0.1) is 5.56 Å². The molecule has 0 aliphatic carbocycles. The minimum Gasteiger partial charge on any atom is -0.478 e. The van der Waals surface area contributed by atoms with Crippen LogP contribution in [0.2, 0.25) is 0 Å². The Morgan fingerprint density at radius 1 is 1.40 bits per heavy atom. The van der Waals surface area contributed by atoms with Gasteiger partial charge >= 0.3 is 5.97 Å². The largest absolute Gasteiger partial charge is 0.478 e. The first-order chi connectivity index (χ1) is 7.09. The Balaban J connectivity index is 2.37. The molecule has 0 saturated carbocycles. The maximum atomic E-state index is 11.0. The summed E-state index contributed by atoms with van der Waals surface area (Å²) in [5.41, 5.74) is 2.60. The predicted octanol–water partition coefficient (Wildman–Crippen LogP) is 2.11. The normalized spacial score (nSPS) is 15.7. The highest BCUT2D eigenvalue weighted by Crippen LogP contribution is 2.27. The lowest BCUT2D eigenvalue weighted by Crippen LogP contribution is -2.24. The Morgan fingerprint density at radius 2 is 2.13 bits per heavy atom. The van der Waals surface area contributed by atoms with Gasteiger partial charge in [-0.05, 0) is 31.0 Å². The van der Waals surface area contributed by atoms with Crippen molar-refractivity contribution in [1.82, 2.24) is 4.90 Å². The van der Waals surface area contributed by atoms with Crippen molar-refractivity contribution in [2.45, 2.75) is 33.0 Å². The number of carboxylic acid groups (broad SMARTS) is 1. The van der Waals surface area contributed by atoms with Gasteiger partial charge in [-0.3, -0.25) is 4.90 Å². The first kappa shape index (κ1) is 10.2. The van der Waals surface area contributed by atoms with Gasteiger partial charge in [0, 0.05) is 19.1 Å². The smallest absolute Gasteiger partial charge is 0.336 e. The van der Waals surface area contributed by atoms with E-state index < -0.39 is 5.97 Å². The van der Waals surface area contributed by atoms with E-state index in [-0.39, 0.29) is 0 Å². The second-order valence-electron chi connectivity index (χ2n) is 4.25. The van der Waals surface area contributed by atoms with Crippen LogP contribution in [-0.4, -0.2) is 22.0 Å². The van der Waals surface area contributed by atoms with Gasteiger partial charge in [0.15, 0.2) is 0 Å². The Morgan fingerprint density at radius 3 is 2.73 bits per heavy atom. The zero-order chi connectivity index (χ0) is 11.0. The number of fused-ring (bicyclic) bond motifs is 1. The highest BCUT2D eigenvalue weighted by molar-refractivity contribution is 5.90. The third-order valence-electron chi connectivity index (χ3n) is 2.97. The predicted molar refractivity (Wildman–Crippen MR) is 57.8 cm³/mol. The molecule has 1 aliphatic heterocycles. The molecule has 1 aromatic rings. The molecule has 15 heavy (non-hydrogen) atoms. The Labute approximate surface area is 89.3 Å². The van der Waals surface area contributed by atoms with E-state index in [9.17, 15) is 4.79 Å². The summed E-state index contributed by atoms with van der Waals surface area (Å²) >= 11 is 0. The van der Waals surface area contributed by atoms with E-state index in [1.807, 2.05) is 12.1 Å². The molecule has 3 nitrogen and oxygen atoms in total. The van der Waals surface area contributed by atoms with Crippen LogP contribution in [0.15, 0.2) is 18.2 Å². The van der Waals surface area contributed by atoms with Gasteiger partial charge < -0.3 is 5.11 Å². The van der Waals surface area contributed by atoms with Gasteiger partial charge in [-0.15, -0.1) is 0 Å². The first-order valence-corrected chi connectivity index (χ1v) is 5.17. The van der Waals surface area contributed by atoms with Crippen molar-refractivity contribution in [3.63, 3.8) is 0 Å². The lowest BCUT2D eigenvalue weighted by molar-refractivity contribution is 0.0695. The monoisotopic (exact) mass is 205 g/mol. The molecule has 2 rings (SSSR count). The number of carbonyl (C=O) groups is 1. The van der Waals surface area contributed by atoms with E-state index in [0.717, 1.165) is 24.2 Å². The second-order valence-corrected chi connectivity index (χ2v) is 4.25. The van der Waals surface area contributed by atoms with Crippen LogP contribution >= 0.6 is 0 Å². The molecular formula is C12H15NO2. The number of rotatable bonds is 2. The molecule has 0 aromatic heterocycles. The summed E-state index contributed by atoms with van der Waals surface area (Å²) in [6, 6.07) is 5.99. The third-order valence-corrected chi connectivity index (χ3v) is 2.97. The minimum absolute atomic E-state index is 0.454. The zero-order valence-corrected chi connectivity index (χ0v) is 9.03. The van der Waals surface area contributed by atoms with E-state index in [0.29, 0.717) is 11.6 Å². The van der Waals surface area contributed by atoms with Crippen LogP contribution in [0.1, 0.15) is 35.3 Å². The molecule has 1 N–H and O–H groups in total. The molecule has 0 fully saturated rings. The summed E-state index contributed by atoms with van der Waals surface area (Å²) in [5, 5.41) is 9.06. The molecule has 80 valence electrons. The summed E-state index contributed by atoms with van der Waals surface area (Å²) in [5.74, 6) is -0.822. The van der Waals surface area contributed by atoms with Crippen LogP contribution in [0, 0.1) is 0 Å². The number of hydrogen-bond acceptors (Lipinski definition) is 2. The molecule has 0 atom stereocenters. The van der Waals surface area contributed by atoms with E-state index in [1.54, 1.807) is 6.07 Å². The highest BCUT2D eigenvalue weighted by atomic mass is 16.4. The molecule has 0 amide bonds. The molecular weight excluding hydrogens is 190 g/mol. The van der Waals surface area contributed by atoms with Crippen molar-refractivity contribution in [2.24, 2.45) is 0 Å². The zero-order valence-electron chi connectivity index (χ0n) is 9.03. The van der Waals surface area contributed by atoms with Gasteiger partial charge in [-0.1, -0.05) is 12.1 Å². The van der Waals surface area contributed by atoms with E-state index in [1.165, 1.54) is 0 Å². The third kappa shape index (κ3) is 1.75. The van der Waals surface area contributed by atoms with Crippen LogP contribution < -0.4 is 0 Å². The molecule has 0 spiro atoms. The lowest BCUT2D eigenvalue weighted by atomic mass is 10.0. The Hall–Kier alpha value is -1.35. The molecule has 1 aliphatic rings. The standard InChI is InChI=1S/C12H15NO2/c1-8(2)13-6-9-4-3-5-10(12(14)15)11(9)7-13/h3-5,8H,6-7H2,1-2H3,(H,14,15). The Bertz CT molecular complexity index is 399. The van der Waals surface area contributed by atoms with Gasteiger partial charge in [0.1, 0.15) is 0 Å². The van der Waals surface area contributed by atoms with Crippen molar-refractivity contribution >= 4 is 5.97 Å². The van der Waals surface area contributed by atoms with Crippen LogP contribution in [0.5, 0.6) is 0 Å². The molecule has 0 unspecified atom stereocenters. The minimum atomic E-state index is -0.822. The molecule has 0 bridgehead atoms. The molecule has 1 aromatic carbocycles. The number of hydrogen-bond donors (Lipinski definition) is 1. The van der Waals surface area contributed by atoms with Crippen molar-refractivity contribution in [2.75, 3.05) is 0 Å². The van der Waals surface area contributed by atoms with Gasteiger partial charge in [-0.25, -0.2) is 4.79 Å². The Kier molecular flexibility index (Phi) is 2.49. The van der Waals surface area contributed by atoms with E-state index in [4.69, 9.17) is 5.11 Å². The van der Waals surface area contributed by atoms with Gasteiger partial charge in [0.25, 0.3) is 0 Å². The number of nitrogens with zero attached hydrogens (tertiary/aromatic N) is 1. The molecule has 1 heterocycles. The number of carboxylic acids is 1. The number of aromatic carboxylic acids is 1. The van der Waals surface area contributed by atoms with Gasteiger partial charge in [0.2, 0.25) is 0 Å². The van der Waals surface area contributed by atoms with Crippen molar-refractivity contribution < 1.29 is 9.90 Å². The highest BCUT2D eigenvalue weighted by Gasteiger charge is 2.24. The second kappa shape index (κ2) is 3.66. The maximum absolute atomic E-state index is 11.0. The summed E-state index contributed by atoms with van der Waals surface area (Å²) in [6.07, 6.45) is 0. The fourth-order valence-corrected chi connectivity index (χ4v) is 2.01. The van der Waals surface area contributed by atoms with Crippen molar-refractivity contribution in [1.29, 1.82) is 0 Å². The summed E-state index contributed by atoms with van der Waals surface area (Å²) < 4.78 is 0. The maximum Gasteiger partial charge on any atom is 0.336 e. The summed E-state index contributed by atoms with van der Waals surface area (Å²) in [4.78, 5) is 13.3. The quantitative estimate of drug-likeness (QED) is 0.803. The van der Waals surface area contributed by atoms with E-state index in [2.05, 4.69) is 18.7 Å². The average molecular weight is 205 g/mol. The van der Waals surface area contributed by atoms with Crippen LogP contribution in [0.4, 0.5) is 0 Å². The molecule has 0 radical (unpaired) electrons. The fourth-order valence-electron chi connectivity index (χ4n) is 2.01. The topological polar surface area (TPSA) is 40.5 Å². The number of benzene rings is 1. The lowest BCUT2D eigenvalue weighted by Gasteiger charge is -2.19. The van der Waals surface area contributed by atoms with Crippen LogP contribution in [0.3, 0.4) is 0 Å². The fraction of sp³-hybridized carbons (Fsp3) is 0.417. The van der Waals surface area contributed by atoms with Crippen molar-refractivity contribution in [3.8, 4) is 0 Å². The van der Waals surface area contributed by atoms with Crippen LogP contribution in [-0.2, 0) is 13.1 Å². The summed E-state index contributed by atoms with van der Waals surface area (Å²) in [7, 11) is 0. The van der Waals surface area contributed by atoms with Gasteiger partial charge in [-0.2, -0.15) is 0 Å². The SMILES string of the molecule is CC(C)N1Cc2cccc(C(=O)O)c2C1. The van der Waals surface area contributed by atoms with Crippen LogP contribution in [0.25, 0.3) is 0 Å². The average Bonchev–Trinajstić information content (AvgIpc) is 2.60. The van der Waals surface area contributed by atoms with Crippen molar-refractivity contribution in [3.05, 3.63) is 34.9 Å². The molecule has 0 saturated heterocycles. The molecule has 3 heteroatoms. The first-order valence-electron chi connectivity index (χ1n) is 5.17.